The summed E-state index contributed by atoms with van der Waals surface area (Å²) in [7, 11) is 0. The van der Waals surface area contributed by atoms with E-state index in [2.05, 4.69) is 25.9 Å². The first-order valence-electron chi connectivity index (χ1n) is 8.85. The molecule has 0 saturated carbocycles. The number of anilines is 1. The lowest BCUT2D eigenvalue weighted by Gasteiger charge is -2.11. The fraction of sp³-hybridized carbons (Fsp3) is 0.316. The first-order valence-corrected chi connectivity index (χ1v) is 8.85. The van der Waals surface area contributed by atoms with E-state index in [1.165, 1.54) is 0 Å². The molecule has 3 rings (SSSR count). The summed E-state index contributed by atoms with van der Waals surface area (Å²) < 4.78 is 10.7. The molecule has 0 fully saturated rings. The van der Waals surface area contributed by atoms with Crippen molar-refractivity contribution in [2.75, 3.05) is 31.7 Å². The van der Waals surface area contributed by atoms with Gasteiger partial charge in [-0.05, 0) is 43.2 Å². The number of benzene rings is 1. The van der Waals surface area contributed by atoms with Gasteiger partial charge in [0.1, 0.15) is 6.54 Å². The van der Waals surface area contributed by atoms with E-state index < -0.39 is 0 Å². The molecule has 1 aromatic heterocycles. The van der Waals surface area contributed by atoms with Gasteiger partial charge < -0.3 is 25.4 Å². The van der Waals surface area contributed by atoms with Crippen molar-refractivity contribution in [3.8, 4) is 11.5 Å². The minimum absolute atomic E-state index is 0. The van der Waals surface area contributed by atoms with E-state index >= 15 is 0 Å². The number of amides is 1. The van der Waals surface area contributed by atoms with Gasteiger partial charge in [0, 0.05) is 19.3 Å². The molecule has 0 unspecified atom stereocenters. The molecular formula is C19H24IN5O3. The number of hydrogen-bond donors (Lipinski definition) is 3. The Morgan fingerprint density at radius 1 is 1.21 bits per heavy atom. The van der Waals surface area contributed by atoms with Gasteiger partial charge in [0.05, 0.1) is 11.9 Å². The maximum absolute atomic E-state index is 12.0. The molecule has 1 aromatic carbocycles. The Morgan fingerprint density at radius 3 is 2.86 bits per heavy atom. The molecule has 28 heavy (non-hydrogen) atoms. The second-order valence-electron chi connectivity index (χ2n) is 5.85. The van der Waals surface area contributed by atoms with E-state index in [9.17, 15) is 4.79 Å². The molecule has 0 saturated heterocycles. The number of carbonyl (C=O) groups is 1. The van der Waals surface area contributed by atoms with Gasteiger partial charge in [0.15, 0.2) is 17.5 Å². The fourth-order valence-corrected chi connectivity index (χ4v) is 2.55. The molecule has 8 nitrogen and oxygen atoms in total. The van der Waals surface area contributed by atoms with Crippen LogP contribution in [0.3, 0.4) is 0 Å². The number of rotatable bonds is 7. The standard InChI is InChI=1S/C19H23N5O3.HI/c1-2-21-19(23-12-18(25)24-15-4-3-8-20-11-15)22-9-7-14-5-6-16-17(10-14)27-13-26-16;/h3-6,8,10-11H,2,7,9,12-13H2,1H3,(H,24,25)(H2,21,22,23);1H. The van der Waals surface area contributed by atoms with Gasteiger partial charge >= 0.3 is 0 Å². The van der Waals surface area contributed by atoms with E-state index in [-0.39, 0.29) is 43.2 Å². The van der Waals surface area contributed by atoms with Crippen LogP contribution >= 0.6 is 24.0 Å². The molecule has 150 valence electrons. The minimum Gasteiger partial charge on any atom is -0.454 e. The smallest absolute Gasteiger partial charge is 0.246 e. The number of aromatic nitrogens is 1. The summed E-state index contributed by atoms with van der Waals surface area (Å²) in [6, 6.07) is 9.46. The largest absolute Gasteiger partial charge is 0.454 e. The van der Waals surface area contributed by atoms with Crippen molar-refractivity contribution < 1.29 is 14.3 Å². The third-order valence-corrected chi connectivity index (χ3v) is 3.81. The fourth-order valence-electron chi connectivity index (χ4n) is 2.55. The van der Waals surface area contributed by atoms with E-state index in [4.69, 9.17) is 9.47 Å². The molecule has 0 bridgehead atoms. The lowest BCUT2D eigenvalue weighted by molar-refractivity contribution is -0.114. The van der Waals surface area contributed by atoms with Crippen LogP contribution in [0.2, 0.25) is 0 Å². The summed E-state index contributed by atoms with van der Waals surface area (Å²) in [5, 5.41) is 9.12. The Bertz CT molecular complexity index is 801. The van der Waals surface area contributed by atoms with Crippen LogP contribution in [0, 0.1) is 0 Å². The number of ether oxygens (including phenoxy) is 2. The highest BCUT2D eigenvalue weighted by molar-refractivity contribution is 14.0. The molecular weight excluding hydrogens is 473 g/mol. The molecule has 0 aliphatic carbocycles. The van der Waals surface area contributed by atoms with Crippen LogP contribution in [-0.4, -0.2) is 43.3 Å². The van der Waals surface area contributed by atoms with Crippen molar-refractivity contribution in [3.63, 3.8) is 0 Å². The Morgan fingerprint density at radius 2 is 2.07 bits per heavy atom. The average Bonchev–Trinajstić information content (AvgIpc) is 3.15. The van der Waals surface area contributed by atoms with E-state index in [1.54, 1.807) is 24.5 Å². The van der Waals surface area contributed by atoms with Crippen molar-refractivity contribution in [2.45, 2.75) is 13.3 Å². The zero-order chi connectivity index (χ0) is 18.9. The third kappa shape index (κ3) is 6.55. The number of fused-ring (bicyclic) bond motifs is 1. The van der Waals surface area contributed by atoms with Crippen LogP contribution in [0.15, 0.2) is 47.7 Å². The van der Waals surface area contributed by atoms with Crippen LogP contribution in [-0.2, 0) is 11.2 Å². The van der Waals surface area contributed by atoms with Gasteiger partial charge in [-0.15, -0.1) is 24.0 Å². The lowest BCUT2D eigenvalue weighted by Crippen LogP contribution is -2.39. The molecule has 0 atom stereocenters. The first-order chi connectivity index (χ1) is 13.2. The molecule has 1 amide bonds. The highest BCUT2D eigenvalue weighted by Gasteiger charge is 2.13. The second-order valence-corrected chi connectivity index (χ2v) is 5.85. The monoisotopic (exact) mass is 497 g/mol. The van der Waals surface area contributed by atoms with Crippen LogP contribution < -0.4 is 25.4 Å². The van der Waals surface area contributed by atoms with Gasteiger partial charge in [-0.3, -0.25) is 9.78 Å². The van der Waals surface area contributed by atoms with Crippen LogP contribution in [0.1, 0.15) is 12.5 Å². The number of nitrogens with zero attached hydrogens (tertiary/aromatic N) is 2. The summed E-state index contributed by atoms with van der Waals surface area (Å²) in [6.07, 6.45) is 4.04. The highest BCUT2D eigenvalue weighted by Crippen LogP contribution is 2.32. The predicted molar refractivity (Wildman–Crippen MR) is 119 cm³/mol. The van der Waals surface area contributed by atoms with Crippen LogP contribution in [0.5, 0.6) is 11.5 Å². The summed E-state index contributed by atoms with van der Waals surface area (Å²) in [5.41, 5.74) is 1.79. The predicted octanol–water partition coefficient (Wildman–Crippen LogP) is 2.16. The quantitative estimate of drug-likeness (QED) is 0.308. The maximum Gasteiger partial charge on any atom is 0.246 e. The van der Waals surface area contributed by atoms with Gasteiger partial charge in [0.2, 0.25) is 12.7 Å². The molecule has 9 heteroatoms. The topological polar surface area (TPSA) is 96.9 Å². The highest BCUT2D eigenvalue weighted by atomic mass is 127. The average molecular weight is 497 g/mol. The number of halogens is 1. The van der Waals surface area contributed by atoms with Crippen molar-refractivity contribution in [3.05, 3.63) is 48.3 Å². The third-order valence-electron chi connectivity index (χ3n) is 3.81. The zero-order valence-corrected chi connectivity index (χ0v) is 17.9. The number of guanidine groups is 1. The summed E-state index contributed by atoms with van der Waals surface area (Å²) >= 11 is 0. The maximum atomic E-state index is 12.0. The van der Waals surface area contributed by atoms with Crippen molar-refractivity contribution >= 4 is 41.5 Å². The van der Waals surface area contributed by atoms with Gasteiger partial charge in [-0.25, -0.2) is 4.99 Å². The minimum atomic E-state index is -0.198. The molecule has 0 spiro atoms. The zero-order valence-electron chi connectivity index (χ0n) is 15.6. The van der Waals surface area contributed by atoms with E-state index in [1.807, 2.05) is 25.1 Å². The molecule has 2 aromatic rings. The van der Waals surface area contributed by atoms with Crippen LogP contribution in [0.4, 0.5) is 5.69 Å². The molecule has 3 N–H and O–H groups in total. The van der Waals surface area contributed by atoms with Gasteiger partial charge in [0.25, 0.3) is 0 Å². The second kappa shape index (κ2) is 11.3. The molecule has 1 aliphatic heterocycles. The number of carbonyl (C=O) groups excluding carboxylic acids is 1. The van der Waals surface area contributed by atoms with Gasteiger partial charge in [-0.1, -0.05) is 6.07 Å². The van der Waals surface area contributed by atoms with Crippen molar-refractivity contribution in [1.29, 1.82) is 0 Å². The Hall–Kier alpha value is -2.56. The molecule has 1 aliphatic rings. The normalized spacial score (nSPS) is 12.1. The van der Waals surface area contributed by atoms with Crippen molar-refractivity contribution in [2.24, 2.45) is 4.99 Å². The molecule has 0 radical (unpaired) electrons. The van der Waals surface area contributed by atoms with E-state index in [0.29, 0.717) is 24.7 Å². The Balaban J connectivity index is 0.00000280. The SMILES string of the molecule is CCNC(=NCC(=O)Nc1cccnc1)NCCc1ccc2c(c1)OCO2.I. The Kier molecular flexibility index (Phi) is 8.79. The number of aliphatic imine (C=N–C) groups is 1. The summed E-state index contributed by atoms with van der Waals surface area (Å²) in [4.78, 5) is 20.3. The number of hydrogen-bond acceptors (Lipinski definition) is 5. The van der Waals surface area contributed by atoms with Gasteiger partial charge in [-0.2, -0.15) is 0 Å². The number of nitrogens with one attached hydrogen (secondary N) is 3. The number of pyridine rings is 1. The summed E-state index contributed by atoms with van der Waals surface area (Å²) in [6.45, 7) is 3.66. The van der Waals surface area contributed by atoms with E-state index in [0.717, 1.165) is 23.5 Å². The van der Waals surface area contributed by atoms with Crippen LogP contribution in [0.25, 0.3) is 0 Å². The van der Waals surface area contributed by atoms with Crippen molar-refractivity contribution in [1.82, 2.24) is 15.6 Å². The molecule has 2 heterocycles. The first kappa shape index (κ1) is 21.7. The lowest BCUT2D eigenvalue weighted by atomic mass is 10.1. The summed E-state index contributed by atoms with van der Waals surface area (Å²) in [5.74, 6) is 1.96. The Labute approximate surface area is 181 Å².